The number of hydrogen-bond donors (Lipinski definition) is 2. The Hall–Kier alpha value is -1.44. The maximum Gasteiger partial charge on any atom is 0.233 e. The second-order valence-electron chi connectivity index (χ2n) is 4.19. The van der Waals surface area contributed by atoms with E-state index in [2.05, 4.69) is 9.71 Å². The van der Waals surface area contributed by atoms with Crippen molar-refractivity contribution in [1.29, 1.82) is 0 Å². The number of sulfonamides is 1. The molecule has 2 aromatic rings. The summed E-state index contributed by atoms with van der Waals surface area (Å²) in [6.07, 6.45) is 2.88. The number of benzene rings is 1. The zero-order chi connectivity index (χ0) is 15.3. The van der Waals surface area contributed by atoms with E-state index in [1.807, 2.05) is 12.1 Å². The van der Waals surface area contributed by atoms with Crippen LogP contribution in [-0.2, 0) is 10.0 Å². The molecule has 0 amide bonds. The third-order valence-electron chi connectivity index (χ3n) is 2.53. The summed E-state index contributed by atoms with van der Waals surface area (Å²) < 4.78 is 26.4. The highest BCUT2D eigenvalue weighted by Gasteiger charge is 2.12. The van der Waals surface area contributed by atoms with Gasteiger partial charge < -0.3 is 5.73 Å². The van der Waals surface area contributed by atoms with Crippen LogP contribution in [0.25, 0.3) is 0 Å². The smallest absolute Gasteiger partial charge is 0.233 e. The molecule has 5 nitrogen and oxygen atoms in total. The van der Waals surface area contributed by atoms with E-state index in [-0.39, 0.29) is 11.4 Å². The number of thioether (sulfide) groups is 1. The molecule has 0 aliphatic rings. The maximum atomic E-state index is 12.0. The van der Waals surface area contributed by atoms with Crippen molar-refractivity contribution in [2.24, 2.45) is 0 Å². The Balaban J connectivity index is 1.90. The van der Waals surface area contributed by atoms with E-state index in [1.165, 1.54) is 30.2 Å². The zero-order valence-electron chi connectivity index (χ0n) is 11.0. The van der Waals surface area contributed by atoms with Crippen molar-refractivity contribution < 1.29 is 8.42 Å². The molecule has 3 N–H and O–H groups in total. The normalized spacial score (nSPS) is 11.3. The van der Waals surface area contributed by atoms with E-state index < -0.39 is 10.0 Å². The first-order chi connectivity index (χ1) is 9.96. The molecule has 0 atom stereocenters. The van der Waals surface area contributed by atoms with Crippen LogP contribution < -0.4 is 10.5 Å². The highest BCUT2D eigenvalue weighted by molar-refractivity contribution is 8.01. The molecule has 1 aromatic carbocycles. The van der Waals surface area contributed by atoms with Crippen LogP contribution in [0.5, 0.6) is 0 Å². The molecule has 0 aliphatic heterocycles. The Kier molecular flexibility index (Phi) is 5.33. The quantitative estimate of drug-likeness (QED) is 0.622. The summed E-state index contributed by atoms with van der Waals surface area (Å²) in [5.41, 5.74) is 6.56. The molecule has 0 saturated carbocycles. The zero-order valence-corrected chi connectivity index (χ0v) is 13.4. The molecule has 112 valence electrons. The lowest BCUT2D eigenvalue weighted by molar-refractivity contribution is 0.602. The van der Waals surface area contributed by atoms with Crippen molar-refractivity contribution >= 4 is 44.8 Å². The minimum atomic E-state index is -3.46. The molecule has 0 bridgehead atoms. The number of anilines is 2. The van der Waals surface area contributed by atoms with E-state index in [4.69, 9.17) is 17.3 Å². The van der Waals surface area contributed by atoms with Crippen LogP contribution in [0.3, 0.4) is 0 Å². The van der Waals surface area contributed by atoms with Crippen LogP contribution in [0.2, 0.25) is 5.02 Å². The topological polar surface area (TPSA) is 85.1 Å². The van der Waals surface area contributed by atoms with Gasteiger partial charge in [-0.2, -0.15) is 0 Å². The fourth-order valence-electron chi connectivity index (χ4n) is 1.50. The number of hydrogen-bond acceptors (Lipinski definition) is 5. The SMILES string of the molecule is Nc1ccc(SCCS(=O)(=O)Nc2cnccc2Cl)cc1. The summed E-state index contributed by atoms with van der Waals surface area (Å²) in [6.45, 7) is 0. The monoisotopic (exact) mass is 343 g/mol. The Bertz CT molecular complexity index is 706. The molecule has 0 unspecified atom stereocenters. The van der Waals surface area contributed by atoms with Gasteiger partial charge in [-0.15, -0.1) is 11.8 Å². The molecule has 0 spiro atoms. The van der Waals surface area contributed by atoms with E-state index in [9.17, 15) is 8.42 Å². The van der Waals surface area contributed by atoms with Gasteiger partial charge in [0, 0.05) is 22.5 Å². The molecule has 1 heterocycles. The van der Waals surface area contributed by atoms with Crippen LogP contribution in [-0.4, -0.2) is 24.9 Å². The van der Waals surface area contributed by atoms with Crippen LogP contribution in [0.4, 0.5) is 11.4 Å². The molecule has 21 heavy (non-hydrogen) atoms. The van der Waals surface area contributed by atoms with Crippen LogP contribution in [0, 0.1) is 0 Å². The Morgan fingerprint density at radius 3 is 2.62 bits per heavy atom. The number of nitrogen functional groups attached to an aromatic ring is 1. The predicted octanol–water partition coefficient (Wildman–Crippen LogP) is 2.85. The largest absolute Gasteiger partial charge is 0.399 e. The van der Waals surface area contributed by atoms with Gasteiger partial charge in [0.25, 0.3) is 0 Å². The molecular weight excluding hydrogens is 330 g/mol. The number of aromatic nitrogens is 1. The molecule has 0 saturated heterocycles. The minimum Gasteiger partial charge on any atom is -0.399 e. The van der Waals surface area contributed by atoms with Crippen molar-refractivity contribution in [2.45, 2.75) is 4.90 Å². The van der Waals surface area contributed by atoms with Gasteiger partial charge in [0.05, 0.1) is 22.7 Å². The molecule has 0 fully saturated rings. The van der Waals surface area contributed by atoms with Gasteiger partial charge >= 0.3 is 0 Å². The van der Waals surface area contributed by atoms with Gasteiger partial charge in [-0.3, -0.25) is 9.71 Å². The van der Waals surface area contributed by atoms with Crippen molar-refractivity contribution in [3.8, 4) is 0 Å². The lowest BCUT2D eigenvalue weighted by Crippen LogP contribution is -2.18. The van der Waals surface area contributed by atoms with E-state index in [0.717, 1.165) is 4.90 Å². The van der Waals surface area contributed by atoms with Gasteiger partial charge in [-0.1, -0.05) is 11.6 Å². The average molecular weight is 344 g/mol. The van der Waals surface area contributed by atoms with E-state index in [1.54, 1.807) is 12.1 Å². The molecule has 2 rings (SSSR count). The third-order valence-corrected chi connectivity index (χ3v) is 5.41. The lowest BCUT2D eigenvalue weighted by atomic mass is 10.3. The third kappa shape index (κ3) is 5.11. The van der Waals surface area contributed by atoms with E-state index >= 15 is 0 Å². The Morgan fingerprint density at radius 1 is 1.24 bits per heavy atom. The average Bonchev–Trinajstić information content (AvgIpc) is 2.43. The van der Waals surface area contributed by atoms with Crippen LogP contribution in [0.1, 0.15) is 0 Å². The van der Waals surface area contributed by atoms with Crippen LogP contribution in [0.15, 0.2) is 47.6 Å². The maximum absolute atomic E-state index is 12.0. The number of rotatable bonds is 6. The van der Waals surface area contributed by atoms with Gasteiger partial charge in [0.1, 0.15) is 0 Å². The number of nitrogens with two attached hydrogens (primary N) is 1. The fourth-order valence-corrected chi connectivity index (χ4v) is 4.09. The summed E-state index contributed by atoms with van der Waals surface area (Å²) >= 11 is 7.34. The second kappa shape index (κ2) is 7.02. The predicted molar refractivity (Wildman–Crippen MR) is 88.2 cm³/mol. The first kappa shape index (κ1) is 15.9. The van der Waals surface area contributed by atoms with Crippen molar-refractivity contribution in [3.05, 3.63) is 47.7 Å². The lowest BCUT2D eigenvalue weighted by Gasteiger charge is -2.08. The molecular formula is C13H14ClN3O2S2. The summed E-state index contributed by atoms with van der Waals surface area (Å²) in [6, 6.07) is 8.81. The highest BCUT2D eigenvalue weighted by Crippen LogP contribution is 2.22. The van der Waals surface area contributed by atoms with Crippen LogP contribution >= 0.6 is 23.4 Å². The number of halogens is 1. The summed E-state index contributed by atoms with van der Waals surface area (Å²) in [5, 5.41) is 0.319. The molecule has 0 radical (unpaired) electrons. The standard InChI is InChI=1S/C13H14ClN3O2S2/c14-12-5-6-16-9-13(12)17-21(18,19)8-7-20-11-3-1-10(15)2-4-11/h1-6,9,17H,7-8,15H2. The minimum absolute atomic E-state index is 0.0206. The highest BCUT2D eigenvalue weighted by atomic mass is 35.5. The Labute approximate surface area is 133 Å². The summed E-state index contributed by atoms with van der Waals surface area (Å²) in [7, 11) is -3.46. The number of nitrogens with zero attached hydrogens (tertiary/aromatic N) is 1. The van der Waals surface area contributed by atoms with Gasteiger partial charge in [-0.25, -0.2) is 8.42 Å². The Morgan fingerprint density at radius 2 is 1.95 bits per heavy atom. The van der Waals surface area contributed by atoms with E-state index in [0.29, 0.717) is 16.5 Å². The first-order valence-electron chi connectivity index (χ1n) is 6.05. The van der Waals surface area contributed by atoms with Gasteiger partial charge in [0.2, 0.25) is 10.0 Å². The molecule has 0 aliphatic carbocycles. The summed E-state index contributed by atoms with van der Waals surface area (Å²) in [5.74, 6) is 0.407. The van der Waals surface area contributed by atoms with Crippen molar-refractivity contribution in [2.75, 3.05) is 22.0 Å². The molecule has 8 heteroatoms. The number of pyridine rings is 1. The summed E-state index contributed by atoms with van der Waals surface area (Å²) in [4.78, 5) is 4.81. The number of nitrogens with one attached hydrogen (secondary N) is 1. The van der Waals surface area contributed by atoms with Crippen molar-refractivity contribution in [3.63, 3.8) is 0 Å². The first-order valence-corrected chi connectivity index (χ1v) is 9.06. The molecule has 1 aromatic heterocycles. The second-order valence-corrected chi connectivity index (χ2v) is 7.61. The van der Waals surface area contributed by atoms with Gasteiger partial charge in [-0.05, 0) is 30.3 Å². The van der Waals surface area contributed by atoms with Crippen molar-refractivity contribution in [1.82, 2.24) is 4.98 Å². The fraction of sp³-hybridized carbons (Fsp3) is 0.154. The van der Waals surface area contributed by atoms with Gasteiger partial charge in [0.15, 0.2) is 0 Å².